The summed E-state index contributed by atoms with van der Waals surface area (Å²) in [5, 5.41) is 1.07. The highest BCUT2D eigenvalue weighted by atomic mass is 35.5. The molecule has 1 aromatic carbocycles. The molecule has 42 heavy (non-hydrogen) atoms. The first-order valence-electron chi connectivity index (χ1n) is 14.1. The quantitative estimate of drug-likeness (QED) is 0.335. The van der Waals surface area contributed by atoms with Gasteiger partial charge in [-0.3, -0.25) is 4.90 Å². The molecule has 4 heterocycles. The summed E-state index contributed by atoms with van der Waals surface area (Å²) in [6.07, 6.45) is 3.97. The molecule has 0 N–H and O–H groups in total. The topological polar surface area (TPSA) is 93.2 Å². The standard InChI is InChI=1S/C30H36Cl2N6O4/c1-30(2,3)42-29(39)38-8-6-37(7-9-38)28-33-18-25(19-34-28)41-27-14-21(20-36-5-4-11-40-12-10-36)13-26(35-27)22-15-23(31)17-24(32)16-22/h13-19H,4-12,20H2,1-3H3. The van der Waals surface area contributed by atoms with E-state index in [4.69, 9.17) is 42.4 Å². The number of nitrogens with zero attached hydrogens (tertiary/aromatic N) is 6. The van der Waals surface area contributed by atoms with Gasteiger partial charge in [0.15, 0.2) is 5.75 Å². The van der Waals surface area contributed by atoms with Crippen molar-refractivity contribution in [2.24, 2.45) is 0 Å². The van der Waals surface area contributed by atoms with Gasteiger partial charge in [-0.1, -0.05) is 23.2 Å². The summed E-state index contributed by atoms with van der Waals surface area (Å²) in [6.45, 7) is 11.9. The molecule has 0 aliphatic carbocycles. The number of carbonyl (C=O) groups is 1. The minimum absolute atomic E-state index is 0.301. The number of halogens is 2. The van der Waals surface area contributed by atoms with Crippen molar-refractivity contribution >= 4 is 35.2 Å². The molecule has 2 aliphatic heterocycles. The summed E-state index contributed by atoms with van der Waals surface area (Å²) in [5.74, 6) is 1.46. The van der Waals surface area contributed by atoms with Crippen LogP contribution in [0.15, 0.2) is 42.7 Å². The molecule has 2 aromatic heterocycles. The summed E-state index contributed by atoms with van der Waals surface area (Å²) in [5.41, 5.74) is 2.04. The molecular formula is C30H36Cl2N6O4. The maximum atomic E-state index is 12.4. The van der Waals surface area contributed by atoms with Gasteiger partial charge in [0.25, 0.3) is 0 Å². The Morgan fingerprint density at radius 3 is 2.33 bits per heavy atom. The monoisotopic (exact) mass is 614 g/mol. The first-order chi connectivity index (χ1) is 20.1. The lowest BCUT2D eigenvalue weighted by molar-refractivity contribution is 0.0240. The number of benzene rings is 1. The summed E-state index contributed by atoms with van der Waals surface area (Å²) in [6, 6.07) is 9.34. The maximum absolute atomic E-state index is 12.4. The lowest BCUT2D eigenvalue weighted by Gasteiger charge is -2.35. The van der Waals surface area contributed by atoms with Gasteiger partial charge in [-0.15, -0.1) is 0 Å². The van der Waals surface area contributed by atoms with Crippen LogP contribution in [0, 0.1) is 0 Å². The zero-order valence-corrected chi connectivity index (χ0v) is 25.7. The number of hydrogen-bond donors (Lipinski definition) is 0. The third-order valence-corrected chi connectivity index (χ3v) is 7.23. The Hall–Kier alpha value is -3.18. The van der Waals surface area contributed by atoms with Gasteiger partial charge in [0, 0.05) is 74.1 Å². The number of pyridine rings is 1. The van der Waals surface area contributed by atoms with Crippen molar-refractivity contribution in [3.63, 3.8) is 0 Å². The average Bonchev–Trinajstić information content (AvgIpc) is 3.21. The predicted octanol–water partition coefficient (Wildman–Crippen LogP) is 5.92. The summed E-state index contributed by atoms with van der Waals surface area (Å²) < 4.78 is 17.3. The SMILES string of the molecule is CC(C)(C)OC(=O)N1CCN(c2ncc(Oc3cc(CN4CCCOCC4)cc(-c4cc(Cl)cc(Cl)c4)n3)cn2)CC1. The third kappa shape index (κ3) is 8.44. The van der Waals surface area contributed by atoms with Crippen LogP contribution in [0.4, 0.5) is 10.7 Å². The van der Waals surface area contributed by atoms with E-state index < -0.39 is 5.60 Å². The second kappa shape index (κ2) is 13.4. The van der Waals surface area contributed by atoms with Gasteiger partial charge >= 0.3 is 6.09 Å². The molecule has 2 aliphatic rings. The number of aromatic nitrogens is 3. The van der Waals surface area contributed by atoms with Crippen molar-refractivity contribution in [3.8, 4) is 22.9 Å². The number of rotatable bonds is 6. The van der Waals surface area contributed by atoms with Gasteiger partial charge in [-0.2, -0.15) is 0 Å². The van der Waals surface area contributed by atoms with Crippen LogP contribution in [-0.2, 0) is 16.0 Å². The molecule has 12 heteroatoms. The number of ether oxygens (including phenoxy) is 3. The molecule has 224 valence electrons. The molecule has 2 saturated heterocycles. The number of amides is 1. The van der Waals surface area contributed by atoms with Crippen molar-refractivity contribution < 1.29 is 19.0 Å². The Morgan fingerprint density at radius 2 is 1.64 bits per heavy atom. The van der Waals surface area contributed by atoms with E-state index in [0.29, 0.717) is 66.1 Å². The summed E-state index contributed by atoms with van der Waals surface area (Å²) in [4.78, 5) is 32.3. The number of carbonyl (C=O) groups excluding carboxylic acids is 1. The second-order valence-electron chi connectivity index (χ2n) is 11.4. The Bertz CT molecular complexity index is 1350. The first-order valence-corrected chi connectivity index (χ1v) is 14.9. The molecule has 3 aromatic rings. The number of anilines is 1. The van der Waals surface area contributed by atoms with Crippen LogP contribution in [0.5, 0.6) is 11.6 Å². The van der Waals surface area contributed by atoms with Gasteiger partial charge in [-0.25, -0.2) is 19.7 Å². The zero-order valence-electron chi connectivity index (χ0n) is 24.2. The fourth-order valence-corrected chi connectivity index (χ4v) is 5.35. The molecule has 0 radical (unpaired) electrons. The fourth-order valence-electron chi connectivity index (χ4n) is 4.83. The Morgan fingerprint density at radius 1 is 0.929 bits per heavy atom. The van der Waals surface area contributed by atoms with Gasteiger partial charge in [0.05, 0.1) is 24.7 Å². The molecular weight excluding hydrogens is 579 g/mol. The van der Waals surface area contributed by atoms with E-state index in [0.717, 1.165) is 43.8 Å². The smallest absolute Gasteiger partial charge is 0.410 e. The fraction of sp³-hybridized carbons (Fsp3) is 0.467. The first kappa shape index (κ1) is 30.3. The van der Waals surface area contributed by atoms with E-state index in [1.54, 1.807) is 23.4 Å². The van der Waals surface area contributed by atoms with Crippen LogP contribution in [0.2, 0.25) is 10.0 Å². The Kier molecular flexibility index (Phi) is 9.67. The molecule has 0 saturated carbocycles. The lowest BCUT2D eigenvalue weighted by atomic mass is 10.1. The maximum Gasteiger partial charge on any atom is 0.410 e. The van der Waals surface area contributed by atoms with E-state index in [2.05, 4.69) is 14.9 Å². The van der Waals surface area contributed by atoms with E-state index in [1.165, 1.54) is 0 Å². The molecule has 0 atom stereocenters. The second-order valence-corrected chi connectivity index (χ2v) is 12.2. The van der Waals surface area contributed by atoms with E-state index >= 15 is 0 Å². The lowest BCUT2D eigenvalue weighted by Crippen LogP contribution is -2.50. The molecule has 0 unspecified atom stereocenters. The third-order valence-electron chi connectivity index (χ3n) is 6.79. The van der Waals surface area contributed by atoms with Crippen LogP contribution in [0.3, 0.4) is 0 Å². The minimum Gasteiger partial charge on any atom is -0.444 e. The highest BCUT2D eigenvalue weighted by molar-refractivity contribution is 6.35. The van der Waals surface area contributed by atoms with Crippen LogP contribution in [0.1, 0.15) is 32.8 Å². The van der Waals surface area contributed by atoms with Gasteiger partial charge in [-0.05, 0) is 57.0 Å². The minimum atomic E-state index is -0.522. The van der Waals surface area contributed by atoms with Crippen LogP contribution in [0.25, 0.3) is 11.3 Å². The van der Waals surface area contributed by atoms with Gasteiger partial charge in [0.2, 0.25) is 11.8 Å². The largest absolute Gasteiger partial charge is 0.444 e. The van der Waals surface area contributed by atoms with Crippen molar-refractivity contribution in [1.29, 1.82) is 0 Å². The average molecular weight is 616 g/mol. The van der Waals surface area contributed by atoms with Crippen molar-refractivity contribution in [2.75, 3.05) is 57.4 Å². The zero-order chi connectivity index (χ0) is 29.7. The Labute approximate surface area is 256 Å². The summed E-state index contributed by atoms with van der Waals surface area (Å²) >= 11 is 12.6. The van der Waals surface area contributed by atoms with Gasteiger partial charge in [0.1, 0.15) is 5.60 Å². The number of hydrogen-bond acceptors (Lipinski definition) is 9. The predicted molar refractivity (Wildman–Crippen MR) is 163 cm³/mol. The van der Waals surface area contributed by atoms with E-state index in [-0.39, 0.29) is 6.09 Å². The molecule has 2 fully saturated rings. The van der Waals surface area contributed by atoms with E-state index in [9.17, 15) is 4.79 Å². The van der Waals surface area contributed by atoms with Crippen molar-refractivity contribution in [1.82, 2.24) is 24.8 Å². The molecule has 5 rings (SSSR count). The molecule has 10 nitrogen and oxygen atoms in total. The van der Waals surface area contributed by atoms with Crippen LogP contribution >= 0.6 is 23.2 Å². The van der Waals surface area contributed by atoms with Crippen molar-refractivity contribution in [2.45, 2.75) is 39.3 Å². The number of piperazine rings is 1. The van der Waals surface area contributed by atoms with Crippen LogP contribution in [-0.4, -0.2) is 88.9 Å². The molecule has 0 spiro atoms. The highest BCUT2D eigenvalue weighted by Gasteiger charge is 2.26. The van der Waals surface area contributed by atoms with E-state index in [1.807, 2.05) is 49.9 Å². The van der Waals surface area contributed by atoms with Crippen molar-refractivity contribution in [3.05, 3.63) is 58.3 Å². The normalized spacial score (nSPS) is 16.7. The molecule has 1 amide bonds. The Balaban J connectivity index is 1.29. The summed E-state index contributed by atoms with van der Waals surface area (Å²) in [7, 11) is 0. The van der Waals surface area contributed by atoms with Gasteiger partial charge < -0.3 is 24.0 Å². The van der Waals surface area contributed by atoms with Crippen LogP contribution < -0.4 is 9.64 Å². The molecule has 0 bridgehead atoms. The highest BCUT2D eigenvalue weighted by Crippen LogP contribution is 2.30.